The van der Waals surface area contributed by atoms with Crippen LogP contribution in [-0.4, -0.2) is 33.1 Å². The summed E-state index contributed by atoms with van der Waals surface area (Å²) in [5.74, 6) is -2.46. The van der Waals surface area contributed by atoms with Crippen LogP contribution in [-0.2, 0) is 16.1 Å². The minimum atomic E-state index is -0.922. The molecule has 10 heteroatoms. The van der Waals surface area contributed by atoms with Crippen LogP contribution in [0.3, 0.4) is 0 Å². The number of amides is 1. The van der Waals surface area contributed by atoms with Gasteiger partial charge in [-0.15, -0.1) is 0 Å². The zero-order chi connectivity index (χ0) is 13.3. The number of carbonyl (C=O) groups excluding carboxylic acids is 2. The Hall–Kier alpha value is -0.775. The molecule has 0 aromatic carbocycles. The summed E-state index contributed by atoms with van der Waals surface area (Å²) >= 11 is 0. The second-order valence-electron chi connectivity index (χ2n) is 3.36. The fraction of sp³-hybridized carbons (Fsp3) is 0.333. The zero-order valence-corrected chi connectivity index (χ0v) is 15.3. The molecule has 0 fully saturated rings. The SMILES string of the molecule is CCOC(=O)c1nc2n(c(=O)c1O)CC(=O)[N-]N2.[Rb+]. The predicted octanol–water partition coefficient (Wildman–Crippen LogP) is -3.63. The average Bonchev–Trinajstić information content (AvgIpc) is 2.34. The maximum absolute atomic E-state index is 11.7. The maximum atomic E-state index is 11.7. The van der Waals surface area contributed by atoms with Crippen LogP contribution in [0.1, 0.15) is 17.4 Å². The van der Waals surface area contributed by atoms with Crippen LogP contribution in [0, 0.1) is 0 Å². The van der Waals surface area contributed by atoms with E-state index in [-0.39, 0.29) is 77.3 Å². The average molecular weight is 339 g/mol. The van der Waals surface area contributed by atoms with E-state index in [1.54, 1.807) is 6.92 Å². The Balaban J connectivity index is 0.00000180. The number of anilines is 1. The molecule has 1 aromatic heterocycles. The molecule has 0 aliphatic carbocycles. The van der Waals surface area contributed by atoms with E-state index in [9.17, 15) is 19.5 Å². The Bertz CT molecular complexity index is 585. The van der Waals surface area contributed by atoms with Crippen molar-refractivity contribution in [1.29, 1.82) is 0 Å². The summed E-state index contributed by atoms with van der Waals surface area (Å²) in [5.41, 5.74) is 4.16. The molecule has 19 heavy (non-hydrogen) atoms. The molecule has 0 spiro atoms. The number of hydrogen-bond acceptors (Lipinski definition) is 7. The van der Waals surface area contributed by atoms with Crippen LogP contribution in [0.5, 0.6) is 5.75 Å². The number of fused-ring (bicyclic) bond motifs is 1. The molecule has 1 aromatic rings. The van der Waals surface area contributed by atoms with E-state index in [1.807, 2.05) is 0 Å². The summed E-state index contributed by atoms with van der Waals surface area (Å²) < 4.78 is 5.52. The van der Waals surface area contributed by atoms with Crippen molar-refractivity contribution in [3.63, 3.8) is 0 Å². The minimum absolute atomic E-state index is 0. The summed E-state index contributed by atoms with van der Waals surface area (Å²) in [6.45, 7) is 1.31. The van der Waals surface area contributed by atoms with Crippen molar-refractivity contribution in [1.82, 2.24) is 9.55 Å². The second kappa shape index (κ2) is 6.59. The van der Waals surface area contributed by atoms with Gasteiger partial charge >= 0.3 is 64.2 Å². The number of ether oxygens (including phenoxy) is 1. The number of esters is 1. The maximum Gasteiger partial charge on any atom is 1.00 e. The van der Waals surface area contributed by atoms with E-state index in [2.05, 4.69) is 20.6 Å². The van der Waals surface area contributed by atoms with Crippen LogP contribution < -0.4 is 69.2 Å². The van der Waals surface area contributed by atoms with Gasteiger partial charge in [0.15, 0.2) is 11.6 Å². The third-order valence-corrected chi connectivity index (χ3v) is 2.19. The van der Waals surface area contributed by atoms with Crippen molar-refractivity contribution < 1.29 is 77.6 Å². The normalized spacial score (nSPS) is 12.6. The van der Waals surface area contributed by atoms with Crippen LogP contribution >= 0.6 is 0 Å². The Morgan fingerprint density at radius 1 is 1.58 bits per heavy atom. The van der Waals surface area contributed by atoms with E-state index in [0.29, 0.717) is 0 Å². The molecule has 0 saturated carbocycles. The van der Waals surface area contributed by atoms with E-state index >= 15 is 0 Å². The van der Waals surface area contributed by atoms with Gasteiger partial charge in [-0.25, -0.2) is 9.78 Å². The Kier molecular flexibility index (Phi) is 5.65. The Labute approximate surface area is 156 Å². The number of carbonyl (C=O) groups is 2. The van der Waals surface area contributed by atoms with Crippen LogP contribution in [0.15, 0.2) is 4.79 Å². The van der Waals surface area contributed by atoms with Gasteiger partial charge in [0, 0.05) is 0 Å². The summed E-state index contributed by atoms with van der Waals surface area (Å²) in [4.78, 5) is 37.9. The van der Waals surface area contributed by atoms with Gasteiger partial charge < -0.3 is 25.5 Å². The summed E-state index contributed by atoms with van der Waals surface area (Å²) in [6, 6.07) is 0. The quantitative estimate of drug-likeness (QED) is 0.533. The second-order valence-corrected chi connectivity index (χ2v) is 3.36. The van der Waals surface area contributed by atoms with Gasteiger partial charge in [0.2, 0.25) is 5.75 Å². The molecule has 1 aliphatic rings. The largest absolute Gasteiger partial charge is 1.00 e. The fourth-order valence-corrected chi connectivity index (χ4v) is 1.40. The monoisotopic (exact) mass is 338 g/mol. The number of nitrogens with zero attached hydrogens (tertiary/aromatic N) is 3. The van der Waals surface area contributed by atoms with Crippen molar-refractivity contribution in [2.45, 2.75) is 13.5 Å². The van der Waals surface area contributed by atoms with Crippen molar-refractivity contribution in [2.75, 3.05) is 12.0 Å². The van der Waals surface area contributed by atoms with Crippen LogP contribution in [0.4, 0.5) is 5.95 Å². The number of nitrogens with one attached hydrogen (secondary N) is 1. The van der Waals surface area contributed by atoms with E-state index in [4.69, 9.17) is 0 Å². The van der Waals surface area contributed by atoms with Gasteiger partial charge in [-0.1, -0.05) is 0 Å². The van der Waals surface area contributed by atoms with E-state index in [1.165, 1.54) is 0 Å². The van der Waals surface area contributed by atoms with Gasteiger partial charge in [-0.05, 0) is 6.92 Å². The zero-order valence-electron chi connectivity index (χ0n) is 10.3. The molecule has 0 radical (unpaired) electrons. The van der Waals surface area contributed by atoms with Gasteiger partial charge in [0.1, 0.15) is 0 Å². The third-order valence-electron chi connectivity index (χ3n) is 2.19. The topological polar surface area (TPSA) is 125 Å². The first-order chi connectivity index (χ1) is 8.54. The standard InChI is InChI=1S/C9H10N4O5.Rb/c1-2-18-8(17)5-6(15)7(16)13-3-4(14)11-12-9(13)10-5;/h2-3H2,1H3,(H3,10,11,12,14,15,16,17);/q;+1/p-1. The summed E-state index contributed by atoms with van der Waals surface area (Å²) in [7, 11) is 0. The molecule has 0 saturated heterocycles. The first kappa shape index (κ1) is 16.3. The first-order valence-corrected chi connectivity index (χ1v) is 5.05. The first-order valence-electron chi connectivity index (χ1n) is 5.05. The molecule has 1 amide bonds. The molecule has 96 valence electrons. The van der Waals surface area contributed by atoms with Crippen molar-refractivity contribution in [3.05, 3.63) is 21.5 Å². The molecule has 2 heterocycles. The molecule has 9 nitrogen and oxygen atoms in total. The molecule has 0 atom stereocenters. The molecule has 0 unspecified atom stereocenters. The van der Waals surface area contributed by atoms with Crippen molar-refractivity contribution >= 4 is 17.8 Å². The minimum Gasteiger partial charge on any atom is -0.563 e. The summed E-state index contributed by atoms with van der Waals surface area (Å²) in [6.07, 6.45) is 0. The number of aromatic hydroxyl groups is 1. The van der Waals surface area contributed by atoms with Gasteiger partial charge in [0.25, 0.3) is 5.56 Å². The Morgan fingerprint density at radius 3 is 2.89 bits per heavy atom. The van der Waals surface area contributed by atoms with Gasteiger partial charge in [-0.3, -0.25) is 9.36 Å². The van der Waals surface area contributed by atoms with E-state index in [0.717, 1.165) is 4.57 Å². The van der Waals surface area contributed by atoms with Crippen molar-refractivity contribution in [3.8, 4) is 5.75 Å². The van der Waals surface area contributed by atoms with Crippen molar-refractivity contribution in [2.24, 2.45) is 0 Å². The predicted molar refractivity (Wildman–Crippen MR) is 58.1 cm³/mol. The molecular weight excluding hydrogens is 330 g/mol. The fourth-order valence-electron chi connectivity index (χ4n) is 1.40. The molecule has 0 bridgehead atoms. The summed E-state index contributed by atoms with van der Waals surface area (Å²) in [5, 5.41) is 9.57. The van der Waals surface area contributed by atoms with Gasteiger partial charge in [0.05, 0.1) is 19.1 Å². The van der Waals surface area contributed by atoms with E-state index < -0.39 is 28.9 Å². The number of hydrogen-bond donors (Lipinski definition) is 2. The van der Waals surface area contributed by atoms with Gasteiger partial charge in [-0.2, -0.15) is 0 Å². The smallest absolute Gasteiger partial charge is 0.563 e. The number of aromatic nitrogens is 2. The Morgan fingerprint density at radius 2 is 2.26 bits per heavy atom. The molecule has 2 N–H and O–H groups in total. The number of rotatable bonds is 2. The molecule has 1 aliphatic heterocycles. The third kappa shape index (κ3) is 3.22. The molecule has 2 rings (SSSR count). The molecular formula is C9H9N4O5Rb. The van der Waals surface area contributed by atoms with Crippen LogP contribution in [0.25, 0.3) is 5.43 Å². The van der Waals surface area contributed by atoms with Crippen LogP contribution in [0.2, 0.25) is 0 Å².